The number of methoxy groups -OCH3 is 1. The Labute approximate surface area is 166 Å². The molecule has 0 aliphatic rings. The van der Waals surface area contributed by atoms with Crippen LogP contribution in [0.2, 0.25) is 0 Å². The van der Waals surface area contributed by atoms with Gasteiger partial charge in [-0.25, -0.2) is 0 Å². The van der Waals surface area contributed by atoms with Crippen molar-refractivity contribution in [3.8, 4) is 5.75 Å². The molecule has 150 valence electrons. The Morgan fingerprint density at radius 1 is 1.07 bits per heavy atom. The van der Waals surface area contributed by atoms with Crippen LogP contribution in [0.3, 0.4) is 0 Å². The van der Waals surface area contributed by atoms with Crippen molar-refractivity contribution >= 4 is 11.8 Å². The molecular formula is C22H28N2O4. The minimum atomic E-state index is -0.642. The van der Waals surface area contributed by atoms with Gasteiger partial charge in [0.15, 0.2) is 0 Å². The number of aliphatic hydroxyl groups is 1. The van der Waals surface area contributed by atoms with E-state index in [1.807, 2.05) is 54.6 Å². The lowest BCUT2D eigenvalue weighted by atomic mass is 10.1. The molecule has 1 atom stereocenters. The van der Waals surface area contributed by atoms with Crippen molar-refractivity contribution < 1.29 is 19.4 Å². The second-order valence-corrected chi connectivity index (χ2v) is 6.55. The fourth-order valence-corrected chi connectivity index (χ4v) is 2.88. The fourth-order valence-electron chi connectivity index (χ4n) is 2.88. The smallest absolute Gasteiger partial charge is 0.242 e. The van der Waals surface area contributed by atoms with E-state index < -0.39 is 6.04 Å². The maximum absolute atomic E-state index is 12.9. The van der Waals surface area contributed by atoms with Gasteiger partial charge in [0.05, 0.1) is 13.7 Å². The topological polar surface area (TPSA) is 78.9 Å². The van der Waals surface area contributed by atoms with E-state index >= 15 is 0 Å². The summed E-state index contributed by atoms with van der Waals surface area (Å²) in [6.45, 7) is 2.05. The summed E-state index contributed by atoms with van der Waals surface area (Å²) in [4.78, 5) is 26.9. The molecule has 6 nitrogen and oxygen atoms in total. The van der Waals surface area contributed by atoms with Gasteiger partial charge in [-0.15, -0.1) is 0 Å². The van der Waals surface area contributed by atoms with Crippen LogP contribution in [0.4, 0.5) is 0 Å². The van der Waals surface area contributed by atoms with Crippen LogP contribution >= 0.6 is 0 Å². The van der Waals surface area contributed by atoms with E-state index in [0.717, 1.165) is 16.9 Å². The van der Waals surface area contributed by atoms with Gasteiger partial charge < -0.3 is 20.1 Å². The number of carbonyl (C=O) groups is 2. The third-order valence-corrected chi connectivity index (χ3v) is 4.56. The van der Waals surface area contributed by atoms with Crippen molar-refractivity contribution in [2.45, 2.75) is 32.4 Å². The van der Waals surface area contributed by atoms with Crippen molar-refractivity contribution in [1.29, 1.82) is 0 Å². The first kappa shape index (κ1) is 21.4. The second kappa shape index (κ2) is 11.1. The number of rotatable bonds is 10. The van der Waals surface area contributed by atoms with Crippen LogP contribution in [0.25, 0.3) is 0 Å². The van der Waals surface area contributed by atoms with Gasteiger partial charge in [-0.2, -0.15) is 0 Å². The number of hydrogen-bond donors (Lipinski definition) is 2. The van der Waals surface area contributed by atoms with Crippen LogP contribution in [0.15, 0.2) is 54.6 Å². The summed E-state index contributed by atoms with van der Waals surface area (Å²) >= 11 is 0. The number of amides is 2. The maximum atomic E-state index is 12.9. The molecule has 2 aromatic rings. The standard InChI is InChI=1S/C22H28N2O4/c1-17(22(27)23-14-15-25)24(16-19-8-11-20(28-2)12-9-19)21(26)13-10-18-6-4-3-5-7-18/h3-9,11-12,17,25H,10,13-16H2,1-2H3,(H,23,27). The lowest BCUT2D eigenvalue weighted by Gasteiger charge is -2.29. The Hall–Kier alpha value is -2.86. The number of benzene rings is 2. The van der Waals surface area contributed by atoms with Crippen molar-refractivity contribution in [2.24, 2.45) is 0 Å². The number of hydrogen-bond acceptors (Lipinski definition) is 4. The van der Waals surface area contributed by atoms with Crippen LogP contribution in [0, 0.1) is 0 Å². The maximum Gasteiger partial charge on any atom is 0.242 e. The molecule has 6 heteroatoms. The Morgan fingerprint density at radius 3 is 2.36 bits per heavy atom. The summed E-state index contributed by atoms with van der Waals surface area (Å²) in [5.41, 5.74) is 1.99. The van der Waals surface area contributed by atoms with E-state index in [4.69, 9.17) is 9.84 Å². The highest BCUT2D eigenvalue weighted by Gasteiger charge is 2.25. The number of aliphatic hydroxyl groups excluding tert-OH is 1. The first-order chi connectivity index (χ1) is 13.5. The van der Waals surface area contributed by atoms with Crippen molar-refractivity contribution in [3.63, 3.8) is 0 Å². The van der Waals surface area contributed by atoms with Crippen molar-refractivity contribution in [1.82, 2.24) is 10.2 Å². The summed E-state index contributed by atoms with van der Waals surface area (Å²) in [7, 11) is 1.60. The van der Waals surface area contributed by atoms with Crippen LogP contribution in [0.5, 0.6) is 5.75 Å². The highest BCUT2D eigenvalue weighted by molar-refractivity contribution is 5.87. The third kappa shape index (κ3) is 6.39. The lowest BCUT2D eigenvalue weighted by molar-refractivity contribution is -0.140. The molecule has 0 heterocycles. The van der Waals surface area contributed by atoms with E-state index in [2.05, 4.69) is 5.32 Å². The Balaban J connectivity index is 2.11. The molecule has 0 aliphatic carbocycles. The van der Waals surface area contributed by atoms with Gasteiger partial charge in [-0.1, -0.05) is 42.5 Å². The van der Waals surface area contributed by atoms with Crippen LogP contribution < -0.4 is 10.1 Å². The number of aryl methyl sites for hydroxylation is 1. The molecule has 28 heavy (non-hydrogen) atoms. The molecule has 1 unspecified atom stereocenters. The molecule has 0 aromatic heterocycles. The van der Waals surface area contributed by atoms with Gasteiger partial charge in [0.2, 0.25) is 11.8 Å². The van der Waals surface area contributed by atoms with Gasteiger partial charge in [-0.05, 0) is 36.6 Å². The highest BCUT2D eigenvalue weighted by atomic mass is 16.5. The summed E-state index contributed by atoms with van der Waals surface area (Å²) < 4.78 is 5.17. The Bertz CT molecular complexity index is 747. The second-order valence-electron chi connectivity index (χ2n) is 6.55. The van der Waals surface area contributed by atoms with Gasteiger partial charge in [0.1, 0.15) is 11.8 Å². The highest BCUT2D eigenvalue weighted by Crippen LogP contribution is 2.16. The molecular weight excluding hydrogens is 356 g/mol. The molecule has 0 saturated carbocycles. The average Bonchev–Trinajstić information content (AvgIpc) is 2.74. The number of ether oxygens (including phenoxy) is 1. The Morgan fingerprint density at radius 2 is 1.75 bits per heavy atom. The first-order valence-corrected chi connectivity index (χ1v) is 9.40. The molecule has 0 fully saturated rings. The molecule has 0 spiro atoms. The van der Waals surface area contributed by atoms with E-state index in [9.17, 15) is 9.59 Å². The molecule has 2 N–H and O–H groups in total. The minimum Gasteiger partial charge on any atom is -0.497 e. The van der Waals surface area contributed by atoms with Crippen molar-refractivity contribution in [3.05, 3.63) is 65.7 Å². The third-order valence-electron chi connectivity index (χ3n) is 4.56. The lowest BCUT2D eigenvalue weighted by Crippen LogP contribution is -2.48. The number of nitrogens with zero attached hydrogens (tertiary/aromatic N) is 1. The normalized spacial score (nSPS) is 11.5. The number of nitrogens with one attached hydrogen (secondary N) is 1. The summed E-state index contributed by atoms with van der Waals surface area (Å²) in [5.74, 6) is 0.362. The SMILES string of the molecule is COc1ccc(CN(C(=O)CCc2ccccc2)C(C)C(=O)NCCO)cc1. The van der Waals surface area contributed by atoms with Crippen LogP contribution in [-0.2, 0) is 22.6 Å². The van der Waals surface area contributed by atoms with E-state index in [-0.39, 0.29) is 25.0 Å². The largest absolute Gasteiger partial charge is 0.497 e. The predicted molar refractivity (Wildman–Crippen MR) is 108 cm³/mol. The van der Waals surface area contributed by atoms with Gasteiger partial charge >= 0.3 is 0 Å². The zero-order valence-corrected chi connectivity index (χ0v) is 16.4. The first-order valence-electron chi connectivity index (χ1n) is 9.40. The predicted octanol–water partition coefficient (Wildman–Crippen LogP) is 2.15. The minimum absolute atomic E-state index is 0.0914. The quantitative estimate of drug-likeness (QED) is 0.658. The summed E-state index contributed by atoms with van der Waals surface area (Å²) in [5, 5.41) is 11.6. The Kier molecular flexibility index (Phi) is 8.49. The zero-order chi connectivity index (χ0) is 20.4. The molecule has 0 aliphatic heterocycles. The monoisotopic (exact) mass is 384 g/mol. The molecule has 0 bridgehead atoms. The van der Waals surface area contributed by atoms with Gasteiger partial charge in [0.25, 0.3) is 0 Å². The fraction of sp³-hybridized carbons (Fsp3) is 0.364. The van der Waals surface area contributed by atoms with E-state index in [0.29, 0.717) is 19.4 Å². The molecule has 0 saturated heterocycles. The van der Waals surface area contributed by atoms with Gasteiger partial charge in [0, 0.05) is 19.5 Å². The van der Waals surface area contributed by atoms with Crippen molar-refractivity contribution in [2.75, 3.05) is 20.3 Å². The zero-order valence-electron chi connectivity index (χ0n) is 16.4. The number of carbonyl (C=O) groups excluding carboxylic acids is 2. The summed E-state index contributed by atoms with van der Waals surface area (Å²) in [6, 6.07) is 16.6. The summed E-state index contributed by atoms with van der Waals surface area (Å²) in [6.07, 6.45) is 0.932. The average molecular weight is 384 g/mol. The van der Waals surface area contributed by atoms with E-state index in [1.165, 1.54) is 0 Å². The van der Waals surface area contributed by atoms with Crippen LogP contribution in [0.1, 0.15) is 24.5 Å². The molecule has 2 rings (SSSR count). The van der Waals surface area contributed by atoms with E-state index in [1.54, 1.807) is 18.9 Å². The van der Waals surface area contributed by atoms with Gasteiger partial charge in [-0.3, -0.25) is 9.59 Å². The van der Waals surface area contributed by atoms with Crippen LogP contribution in [-0.4, -0.2) is 48.1 Å². The molecule has 2 amide bonds. The molecule has 0 radical (unpaired) electrons. The molecule has 2 aromatic carbocycles.